The molecule has 0 amide bonds. The Hall–Kier alpha value is -0.900. The normalized spacial score (nSPS) is 8.11. The first kappa shape index (κ1) is 8.10. The van der Waals surface area contributed by atoms with Crippen LogP contribution in [0.1, 0.15) is 0 Å². The van der Waals surface area contributed by atoms with Crippen LogP contribution >= 0.6 is 11.6 Å². The first-order valence-electron chi connectivity index (χ1n) is 2.01. The molecule has 0 bridgehead atoms. The highest BCUT2D eigenvalue weighted by atomic mass is 35.5. The first-order chi connectivity index (χ1) is 4.20. The summed E-state index contributed by atoms with van der Waals surface area (Å²) < 4.78 is 3.90. The number of carbonyl (C=O) groups excluding carboxylic acids is 2. The van der Waals surface area contributed by atoms with Crippen LogP contribution in [0.2, 0.25) is 0 Å². The van der Waals surface area contributed by atoms with E-state index in [1.807, 2.05) is 0 Å². The largest absolute Gasteiger partial charge is 0.388 e. The lowest BCUT2D eigenvalue weighted by molar-refractivity contribution is -0.152. The van der Waals surface area contributed by atoms with Crippen molar-refractivity contribution in [1.29, 1.82) is 5.41 Å². The monoisotopic (exact) mass is 149 g/mol. The summed E-state index contributed by atoms with van der Waals surface area (Å²) in [6, 6.07) is 0. The molecule has 0 aliphatic heterocycles. The van der Waals surface area contributed by atoms with Gasteiger partial charge >= 0.3 is 11.9 Å². The summed E-state index contributed by atoms with van der Waals surface area (Å²) in [6.07, 6.45) is 0.393. The smallest absolute Gasteiger partial charge is 0.356 e. The molecule has 0 aliphatic rings. The van der Waals surface area contributed by atoms with E-state index in [1.165, 1.54) is 0 Å². The molecule has 0 fully saturated rings. The van der Waals surface area contributed by atoms with Crippen LogP contribution in [0.15, 0.2) is 0 Å². The quantitative estimate of drug-likeness (QED) is 0.259. The predicted octanol–water partition coefficient (Wildman–Crippen LogP) is -0.0554. The van der Waals surface area contributed by atoms with Crippen molar-refractivity contribution >= 4 is 29.8 Å². The first-order valence-corrected chi connectivity index (χ1v) is 2.55. The zero-order chi connectivity index (χ0) is 7.28. The van der Waals surface area contributed by atoms with Crippen molar-refractivity contribution in [2.24, 2.45) is 0 Å². The van der Waals surface area contributed by atoms with Gasteiger partial charge in [0.25, 0.3) is 0 Å². The number of halogens is 1. The molecule has 0 aromatic carbocycles. The molecule has 0 aliphatic carbocycles. The highest BCUT2D eigenvalue weighted by molar-refractivity contribution is 6.30. The molecule has 5 heteroatoms. The van der Waals surface area contributed by atoms with E-state index in [2.05, 4.69) is 4.74 Å². The fourth-order valence-corrected chi connectivity index (χ4v) is 0.223. The van der Waals surface area contributed by atoms with Crippen molar-refractivity contribution in [2.75, 3.05) is 5.88 Å². The number of alkyl halides is 1. The van der Waals surface area contributed by atoms with Gasteiger partial charge in [-0.3, -0.25) is 4.79 Å². The fraction of sp³-hybridized carbons (Fsp3) is 0.250. The Labute approximate surface area is 56.3 Å². The van der Waals surface area contributed by atoms with Crippen molar-refractivity contribution in [3.8, 4) is 0 Å². The maximum atomic E-state index is 10.1. The van der Waals surface area contributed by atoms with Crippen molar-refractivity contribution in [1.82, 2.24) is 0 Å². The van der Waals surface area contributed by atoms with Crippen LogP contribution in [-0.2, 0) is 14.3 Å². The molecule has 0 atom stereocenters. The molecule has 0 aromatic heterocycles. The topological polar surface area (TPSA) is 67.2 Å². The summed E-state index contributed by atoms with van der Waals surface area (Å²) in [5.74, 6) is -2.22. The number of esters is 2. The van der Waals surface area contributed by atoms with E-state index >= 15 is 0 Å². The molecule has 4 nitrogen and oxygen atoms in total. The number of rotatable bonds is 2. The minimum Gasteiger partial charge on any atom is -0.388 e. The van der Waals surface area contributed by atoms with Crippen LogP contribution in [0.3, 0.4) is 0 Å². The zero-order valence-electron chi connectivity index (χ0n) is 4.39. The Kier molecular flexibility index (Phi) is 3.62. The SMILES string of the molecule is N=CC(=O)OC(=O)CCl. The van der Waals surface area contributed by atoms with Crippen LogP contribution in [0, 0.1) is 5.41 Å². The second-order valence-electron chi connectivity index (χ2n) is 1.07. The number of nitrogens with one attached hydrogen (secondary N) is 1. The zero-order valence-corrected chi connectivity index (χ0v) is 5.14. The third-order valence-corrected chi connectivity index (χ3v) is 0.660. The molecular formula is C4H4ClNO3. The van der Waals surface area contributed by atoms with Gasteiger partial charge in [-0.05, 0) is 0 Å². The predicted molar refractivity (Wildman–Crippen MR) is 30.6 cm³/mol. The van der Waals surface area contributed by atoms with Crippen LogP contribution in [0.25, 0.3) is 0 Å². The lowest BCUT2D eigenvalue weighted by atomic mass is 10.7. The van der Waals surface area contributed by atoms with Gasteiger partial charge in [0.2, 0.25) is 0 Å². The van der Waals surface area contributed by atoms with Gasteiger partial charge in [0.1, 0.15) is 12.1 Å². The van der Waals surface area contributed by atoms with E-state index in [0.717, 1.165) is 0 Å². The van der Waals surface area contributed by atoms with Crippen molar-refractivity contribution in [3.63, 3.8) is 0 Å². The van der Waals surface area contributed by atoms with Gasteiger partial charge < -0.3 is 10.1 Å². The van der Waals surface area contributed by atoms with E-state index in [-0.39, 0.29) is 5.88 Å². The molecule has 0 spiro atoms. The van der Waals surface area contributed by atoms with Crippen LogP contribution in [0.5, 0.6) is 0 Å². The van der Waals surface area contributed by atoms with E-state index < -0.39 is 11.9 Å². The average Bonchev–Trinajstić information content (AvgIpc) is 1.87. The Bertz CT molecular complexity index is 145. The third kappa shape index (κ3) is 3.66. The van der Waals surface area contributed by atoms with Gasteiger partial charge in [-0.2, -0.15) is 0 Å². The minimum atomic E-state index is -0.999. The average molecular weight is 150 g/mol. The Balaban J connectivity index is 3.59. The van der Waals surface area contributed by atoms with E-state index in [9.17, 15) is 9.59 Å². The van der Waals surface area contributed by atoms with Crippen molar-refractivity contribution < 1.29 is 14.3 Å². The molecule has 0 heterocycles. The summed E-state index contributed by atoms with van der Waals surface area (Å²) in [7, 11) is 0. The summed E-state index contributed by atoms with van der Waals surface area (Å²) in [6.45, 7) is 0. The summed E-state index contributed by atoms with van der Waals surface area (Å²) >= 11 is 4.95. The van der Waals surface area contributed by atoms with Crippen LogP contribution in [0.4, 0.5) is 0 Å². The molecule has 0 aromatic rings. The van der Waals surface area contributed by atoms with E-state index in [4.69, 9.17) is 17.0 Å². The second kappa shape index (κ2) is 4.03. The lowest BCUT2D eigenvalue weighted by Crippen LogP contribution is -2.13. The molecule has 0 unspecified atom stereocenters. The Morgan fingerprint density at radius 1 is 1.67 bits per heavy atom. The number of carbonyl (C=O) groups is 2. The van der Waals surface area contributed by atoms with E-state index in [0.29, 0.717) is 6.21 Å². The maximum Gasteiger partial charge on any atom is 0.356 e. The number of hydrogen-bond acceptors (Lipinski definition) is 4. The molecule has 1 N–H and O–H groups in total. The molecule has 0 rings (SSSR count). The molecule has 0 saturated carbocycles. The molecular weight excluding hydrogens is 146 g/mol. The summed E-state index contributed by atoms with van der Waals surface area (Å²) in [5.41, 5.74) is 0. The standard InChI is InChI=1S/C4H4ClNO3/c5-1-3(7)9-4(8)2-6/h2,6H,1H2. The van der Waals surface area contributed by atoms with Gasteiger partial charge in [0.05, 0.1) is 0 Å². The maximum absolute atomic E-state index is 10.1. The summed E-state index contributed by atoms with van der Waals surface area (Å²) in [5, 5.41) is 6.28. The van der Waals surface area contributed by atoms with Gasteiger partial charge in [0, 0.05) is 0 Å². The summed E-state index contributed by atoms with van der Waals surface area (Å²) in [4.78, 5) is 20.1. The molecule has 0 radical (unpaired) electrons. The number of hydrogen-bond donors (Lipinski definition) is 1. The highest BCUT2D eigenvalue weighted by Crippen LogP contribution is 1.81. The van der Waals surface area contributed by atoms with E-state index in [1.54, 1.807) is 0 Å². The molecule has 50 valence electrons. The highest BCUT2D eigenvalue weighted by Gasteiger charge is 2.03. The number of ether oxygens (including phenoxy) is 1. The van der Waals surface area contributed by atoms with Crippen LogP contribution < -0.4 is 0 Å². The Morgan fingerprint density at radius 3 is 2.56 bits per heavy atom. The minimum absolute atomic E-state index is 0.375. The van der Waals surface area contributed by atoms with Crippen molar-refractivity contribution in [2.45, 2.75) is 0 Å². The van der Waals surface area contributed by atoms with Crippen LogP contribution in [-0.4, -0.2) is 24.0 Å². The third-order valence-electron chi connectivity index (χ3n) is 0.441. The Morgan fingerprint density at radius 2 is 2.22 bits per heavy atom. The van der Waals surface area contributed by atoms with Crippen molar-refractivity contribution in [3.05, 3.63) is 0 Å². The second-order valence-corrected chi connectivity index (χ2v) is 1.34. The van der Waals surface area contributed by atoms with Gasteiger partial charge in [-0.25, -0.2) is 4.79 Å². The fourth-order valence-electron chi connectivity index (χ4n) is 0.169. The van der Waals surface area contributed by atoms with Gasteiger partial charge in [-0.15, -0.1) is 11.6 Å². The molecule has 0 saturated heterocycles. The van der Waals surface area contributed by atoms with Gasteiger partial charge in [-0.1, -0.05) is 0 Å². The van der Waals surface area contributed by atoms with Gasteiger partial charge in [0.15, 0.2) is 0 Å². The molecule has 9 heavy (non-hydrogen) atoms. The lowest BCUT2D eigenvalue weighted by Gasteiger charge is -1.91.